The van der Waals surface area contributed by atoms with Crippen LogP contribution in [0.3, 0.4) is 0 Å². The molecule has 1 aromatic heterocycles. The summed E-state index contributed by atoms with van der Waals surface area (Å²) >= 11 is 0. The van der Waals surface area contributed by atoms with Crippen molar-refractivity contribution in [2.24, 2.45) is 0 Å². The Morgan fingerprint density at radius 2 is 2.31 bits per heavy atom. The molecular weight excluding hydrogens is 166 g/mol. The standard InChI is InChI=1S/C6H8N2O.C3H3N/c1-9-6-3-2-5(7)4-8-6;1-2-3-4/h2-4H,7H2,1H3;2H,1H2. The highest BCUT2D eigenvalue weighted by Crippen LogP contribution is 2.06. The van der Waals surface area contributed by atoms with Crippen LogP contribution in [-0.2, 0) is 0 Å². The molecule has 0 radical (unpaired) electrons. The summed E-state index contributed by atoms with van der Waals surface area (Å²) in [6, 6.07) is 5.15. The lowest BCUT2D eigenvalue weighted by Gasteiger charge is -1.95. The molecule has 4 nitrogen and oxygen atoms in total. The van der Waals surface area contributed by atoms with E-state index in [2.05, 4.69) is 11.6 Å². The van der Waals surface area contributed by atoms with Crippen LogP contribution in [0.2, 0.25) is 0 Å². The third kappa shape index (κ3) is 5.27. The lowest BCUT2D eigenvalue weighted by molar-refractivity contribution is 0.398. The minimum absolute atomic E-state index is 0.587. The Hall–Kier alpha value is -2.02. The fourth-order valence-corrected chi connectivity index (χ4v) is 0.512. The van der Waals surface area contributed by atoms with Crippen molar-refractivity contribution in [1.82, 2.24) is 4.98 Å². The average molecular weight is 177 g/mol. The summed E-state index contributed by atoms with van der Waals surface area (Å²) in [5, 5.41) is 7.51. The molecule has 0 aliphatic carbocycles. The number of nitriles is 1. The molecule has 2 N–H and O–H groups in total. The molecule has 0 bridgehead atoms. The maximum atomic E-state index is 7.51. The first kappa shape index (κ1) is 11.0. The Morgan fingerprint density at radius 3 is 2.62 bits per heavy atom. The van der Waals surface area contributed by atoms with Gasteiger partial charge in [0, 0.05) is 12.1 Å². The molecule has 1 aromatic rings. The molecule has 0 amide bonds. The summed E-state index contributed by atoms with van der Waals surface area (Å²) in [5.41, 5.74) is 6.01. The zero-order chi connectivity index (χ0) is 10.1. The van der Waals surface area contributed by atoms with Crippen molar-refractivity contribution in [2.45, 2.75) is 0 Å². The van der Waals surface area contributed by atoms with Gasteiger partial charge in [0.2, 0.25) is 5.88 Å². The zero-order valence-corrected chi connectivity index (χ0v) is 7.40. The number of rotatable bonds is 1. The molecule has 0 saturated carbocycles. The Balaban J connectivity index is 0.000000310. The Morgan fingerprint density at radius 1 is 1.69 bits per heavy atom. The number of allylic oxidation sites excluding steroid dienone is 1. The molecule has 0 unspecified atom stereocenters. The van der Waals surface area contributed by atoms with Gasteiger partial charge < -0.3 is 10.5 Å². The van der Waals surface area contributed by atoms with Gasteiger partial charge in [0.05, 0.1) is 25.1 Å². The van der Waals surface area contributed by atoms with E-state index in [0.717, 1.165) is 0 Å². The van der Waals surface area contributed by atoms with Gasteiger partial charge in [-0.25, -0.2) is 4.98 Å². The SMILES string of the molecule is C=CC#N.COc1ccc(N)cn1. The van der Waals surface area contributed by atoms with Gasteiger partial charge in [-0.15, -0.1) is 0 Å². The summed E-state index contributed by atoms with van der Waals surface area (Å²) in [5.74, 6) is 0.587. The molecule has 0 fully saturated rings. The molecule has 68 valence electrons. The van der Waals surface area contributed by atoms with Gasteiger partial charge in [-0.3, -0.25) is 0 Å². The van der Waals surface area contributed by atoms with Crippen LogP contribution in [0.5, 0.6) is 5.88 Å². The Labute approximate surface area is 77.3 Å². The molecule has 0 aliphatic rings. The van der Waals surface area contributed by atoms with Crippen molar-refractivity contribution >= 4 is 5.69 Å². The predicted octanol–water partition coefficient (Wildman–Crippen LogP) is 1.37. The van der Waals surface area contributed by atoms with Crippen LogP contribution in [0.1, 0.15) is 0 Å². The van der Waals surface area contributed by atoms with Crippen LogP contribution in [0, 0.1) is 11.3 Å². The highest BCUT2D eigenvalue weighted by molar-refractivity contribution is 5.35. The van der Waals surface area contributed by atoms with Crippen LogP contribution in [0.4, 0.5) is 5.69 Å². The van der Waals surface area contributed by atoms with E-state index >= 15 is 0 Å². The maximum Gasteiger partial charge on any atom is 0.213 e. The first-order chi connectivity index (χ1) is 6.24. The summed E-state index contributed by atoms with van der Waals surface area (Å²) < 4.78 is 4.80. The minimum atomic E-state index is 0.587. The number of hydrogen-bond donors (Lipinski definition) is 1. The third-order valence-corrected chi connectivity index (χ3v) is 1.06. The summed E-state index contributed by atoms with van der Waals surface area (Å²) in [7, 11) is 1.57. The van der Waals surface area contributed by atoms with Crippen molar-refractivity contribution in [3.05, 3.63) is 31.0 Å². The van der Waals surface area contributed by atoms with Crippen LogP contribution in [0.15, 0.2) is 31.0 Å². The van der Waals surface area contributed by atoms with E-state index in [-0.39, 0.29) is 0 Å². The third-order valence-electron chi connectivity index (χ3n) is 1.06. The smallest absolute Gasteiger partial charge is 0.213 e. The number of nitrogen functional groups attached to an aromatic ring is 1. The highest BCUT2D eigenvalue weighted by Gasteiger charge is 1.87. The number of anilines is 1. The van der Waals surface area contributed by atoms with Gasteiger partial charge in [0.1, 0.15) is 0 Å². The van der Waals surface area contributed by atoms with Crippen LogP contribution in [0.25, 0.3) is 0 Å². The van der Waals surface area contributed by atoms with Gasteiger partial charge in [-0.05, 0) is 6.07 Å². The number of nitrogens with zero attached hydrogens (tertiary/aromatic N) is 2. The van der Waals surface area contributed by atoms with E-state index in [1.54, 1.807) is 31.5 Å². The van der Waals surface area contributed by atoms with Crippen molar-refractivity contribution in [3.63, 3.8) is 0 Å². The first-order valence-corrected chi connectivity index (χ1v) is 3.50. The molecule has 0 aliphatic heterocycles. The first-order valence-electron chi connectivity index (χ1n) is 3.50. The number of pyridine rings is 1. The van der Waals surface area contributed by atoms with E-state index in [9.17, 15) is 0 Å². The number of methoxy groups -OCH3 is 1. The molecule has 0 aromatic carbocycles. The van der Waals surface area contributed by atoms with E-state index < -0.39 is 0 Å². The van der Waals surface area contributed by atoms with Crippen LogP contribution in [-0.4, -0.2) is 12.1 Å². The maximum absolute atomic E-state index is 7.51. The van der Waals surface area contributed by atoms with Crippen molar-refractivity contribution in [1.29, 1.82) is 5.26 Å². The summed E-state index contributed by atoms with van der Waals surface area (Å²) in [4.78, 5) is 3.85. The van der Waals surface area contributed by atoms with Crippen LogP contribution < -0.4 is 10.5 Å². The normalized spacial score (nSPS) is 7.38. The Kier molecular flexibility index (Phi) is 5.64. The second-order valence-corrected chi connectivity index (χ2v) is 1.97. The molecular formula is C9H11N3O. The molecule has 0 spiro atoms. The summed E-state index contributed by atoms with van der Waals surface area (Å²) in [6.45, 7) is 3.12. The second kappa shape index (κ2) is 6.68. The lowest BCUT2D eigenvalue weighted by atomic mass is 10.4. The van der Waals surface area contributed by atoms with Crippen molar-refractivity contribution < 1.29 is 4.74 Å². The average Bonchev–Trinajstić information content (AvgIpc) is 2.19. The van der Waals surface area contributed by atoms with Gasteiger partial charge in [0.25, 0.3) is 0 Å². The second-order valence-electron chi connectivity index (χ2n) is 1.97. The number of aromatic nitrogens is 1. The van der Waals surface area contributed by atoms with Gasteiger partial charge in [-0.1, -0.05) is 6.58 Å². The van der Waals surface area contributed by atoms with E-state index in [1.807, 2.05) is 0 Å². The number of ether oxygens (including phenoxy) is 1. The van der Waals surface area contributed by atoms with E-state index in [0.29, 0.717) is 11.6 Å². The largest absolute Gasteiger partial charge is 0.481 e. The number of hydrogen-bond acceptors (Lipinski definition) is 4. The molecule has 0 saturated heterocycles. The topological polar surface area (TPSA) is 71.9 Å². The van der Waals surface area contributed by atoms with E-state index in [4.69, 9.17) is 15.7 Å². The minimum Gasteiger partial charge on any atom is -0.481 e. The molecule has 13 heavy (non-hydrogen) atoms. The number of nitrogens with two attached hydrogens (primary N) is 1. The lowest BCUT2D eigenvalue weighted by Crippen LogP contribution is -1.89. The fourth-order valence-electron chi connectivity index (χ4n) is 0.512. The predicted molar refractivity (Wildman–Crippen MR) is 51.0 cm³/mol. The van der Waals surface area contributed by atoms with Crippen molar-refractivity contribution in [3.8, 4) is 11.9 Å². The Bertz CT molecular complexity index is 287. The van der Waals surface area contributed by atoms with Gasteiger partial charge in [-0.2, -0.15) is 5.26 Å². The van der Waals surface area contributed by atoms with Gasteiger partial charge >= 0.3 is 0 Å². The molecule has 4 heteroatoms. The van der Waals surface area contributed by atoms with Gasteiger partial charge in [0.15, 0.2) is 0 Å². The molecule has 0 atom stereocenters. The molecule has 1 heterocycles. The quantitative estimate of drug-likeness (QED) is 0.657. The van der Waals surface area contributed by atoms with E-state index in [1.165, 1.54) is 6.08 Å². The van der Waals surface area contributed by atoms with Crippen LogP contribution >= 0.6 is 0 Å². The molecule has 1 rings (SSSR count). The fraction of sp³-hybridized carbons (Fsp3) is 0.111. The summed E-state index contributed by atoms with van der Waals surface area (Å²) in [6.07, 6.45) is 2.73. The monoisotopic (exact) mass is 177 g/mol. The highest BCUT2D eigenvalue weighted by atomic mass is 16.5. The zero-order valence-electron chi connectivity index (χ0n) is 7.40. The van der Waals surface area contributed by atoms with Crippen molar-refractivity contribution in [2.75, 3.05) is 12.8 Å².